The summed E-state index contributed by atoms with van der Waals surface area (Å²) in [6, 6.07) is 0. The Hall–Kier alpha value is 0.0700. The Morgan fingerprint density at radius 3 is 2.71 bits per heavy atom. The van der Waals surface area contributed by atoms with Gasteiger partial charge in [0.15, 0.2) is 0 Å². The number of halogens is 1. The molecule has 1 aliphatic carbocycles. The first kappa shape index (κ1) is 10.6. The van der Waals surface area contributed by atoms with Crippen LogP contribution in [0.15, 0.2) is 9.98 Å². The maximum absolute atomic E-state index is 10.2. The van der Waals surface area contributed by atoms with E-state index in [2.05, 4.69) is 34.8 Å². The summed E-state index contributed by atoms with van der Waals surface area (Å²) in [7, 11) is 0. The van der Waals surface area contributed by atoms with Crippen molar-refractivity contribution in [2.24, 2.45) is 11.8 Å². The zero-order valence-corrected chi connectivity index (χ0v) is 10.7. The molecule has 2 rings (SSSR count). The summed E-state index contributed by atoms with van der Waals surface area (Å²) >= 11 is 4.85. The maximum atomic E-state index is 10.2. The molecule has 0 amide bonds. The third kappa shape index (κ3) is 1.75. The summed E-state index contributed by atoms with van der Waals surface area (Å²) in [5.74, 6) is 1.32. The summed E-state index contributed by atoms with van der Waals surface area (Å²) in [5.41, 5.74) is -0.633. The van der Waals surface area contributed by atoms with Crippen molar-refractivity contribution in [2.45, 2.75) is 32.3 Å². The maximum Gasteiger partial charge on any atom is 0.126 e. The zero-order chi connectivity index (χ0) is 10.3. The molecule has 1 aromatic heterocycles. The Morgan fingerprint density at radius 1 is 1.64 bits per heavy atom. The lowest BCUT2D eigenvalue weighted by Crippen LogP contribution is -2.43. The molecule has 0 bridgehead atoms. The summed E-state index contributed by atoms with van der Waals surface area (Å²) < 4.78 is 0.832. The molecule has 0 aliphatic heterocycles. The molecule has 1 aliphatic rings. The van der Waals surface area contributed by atoms with Crippen LogP contribution < -0.4 is 0 Å². The lowest BCUT2D eigenvalue weighted by Gasteiger charge is -2.44. The van der Waals surface area contributed by atoms with Crippen molar-refractivity contribution >= 4 is 27.3 Å². The predicted molar refractivity (Wildman–Crippen MR) is 61.3 cm³/mol. The predicted octanol–water partition coefficient (Wildman–Crippen LogP) is 3.16. The van der Waals surface area contributed by atoms with Crippen LogP contribution in [0.3, 0.4) is 0 Å². The standard InChI is InChI=1S/C10H14BrNOS/c1-6(2)7-3-10(13,4-7)9-12-8(11)5-14-9/h5-7,13H,3-4H2,1-2H3. The summed E-state index contributed by atoms with van der Waals surface area (Å²) in [6.45, 7) is 4.42. The van der Waals surface area contributed by atoms with Crippen molar-refractivity contribution in [1.82, 2.24) is 4.98 Å². The van der Waals surface area contributed by atoms with Crippen molar-refractivity contribution in [3.63, 3.8) is 0 Å². The highest BCUT2D eigenvalue weighted by Gasteiger charge is 2.46. The van der Waals surface area contributed by atoms with Crippen molar-refractivity contribution in [1.29, 1.82) is 0 Å². The van der Waals surface area contributed by atoms with Gasteiger partial charge >= 0.3 is 0 Å². The van der Waals surface area contributed by atoms with E-state index in [4.69, 9.17) is 0 Å². The topological polar surface area (TPSA) is 33.1 Å². The molecule has 1 fully saturated rings. The third-order valence-corrected chi connectivity index (χ3v) is 4.76. The van der Waals surface area contributed by atoms with Gasteiger partial charge in [-0.25, -0.2) is 4.98 Å². The van der Waals surface area contributed by atoms with Crippen molar-refractivity contribution < 1.29 is 5.11 Å². The number of hydrogen-bond acceptors (Lipinski definition) is 3. The Morgan fingerprint density at radius 2 is 2.29 bits per heavy atom. The van der Waals surface area contributed by atoms with E-state index in [1.54, 1.807) is 0 Å². The van der Waals surface area contributed by atoms with E-state index < -0.39 is 5.60 Å². The average molecular weight is 276 g/mol. The largest absolute Gasteiger partial charge is 0.383 e. The van der Waals surface area contributed by atoms with Gasteiger partial charge in [0.25, 0.3) is 0 Å². The number of rotatable bonds is 2. The second-order valence-corrected chi connectivity index (χ2v) is 6.09. The number of nitrogens with zero attached hydrogens (tertiary/aromatic N) is 1. The Bertz CT molecular complexity index is 331. The van der Waals surface area contributed by atoms with Crippen molar-refractivity contribution in [3.8, 4) is 0 Å². The van der Waals surface area contributed by atoms with Gasteiger partial charge in [0.1, 0.15) is 15.2 Å². The molecular formula is C10H14BrNOS. The first-order valence-corrected chi connectivity index (χ1v) is 6.52. The van der Waals surface area contributed by atoms with Crippen LogP contribution in [0.5, 0.6) is 0 Å². The van der Waals surface area contributed by atoms with Crippen molar-refractivity contribution in [2.75, 3.05) is 0 Å². The quantitative estimate of drug-likeness (QED) is 0.900. The van der Waals surface area contributed by atoms with Crippen LogP contribution in [-0.4, -0.2) is 10.1 Å². The zero-order valence-electron chi connectivity index (χ0n) is 8.33. The molecule has 0 atom stereocenters. The lowest BCUT2D eigenvalue weighted by molar-refractivity contribution is -0.0935. The number of hydrogen-bond donors (Lipinski definition) is 1. The SMILES string of the molecule is CC(C)C1CC(O)(c2nc(Br)cs2)C1. The first-order valence-electron chi connectivity index (χ1n) is 4.85. The molecule has 0 radical (unpaired) electrons. The minimum atomic E-state index is -0.633. The Labute approximate surface area is 96.5 Å². The molecule has 0 unspecified atom stereocenters. The highest BCUT2D eigenvalue weighted by atomic mass is 79.9. The summed E-state index contributed by atoms with van der Waals surface area (Å²) in [6.07, 6.45) is 1.73. The van der Waals surface area contributed by atoms with Crippen LogP contribution in [0.1, 0.15) is 31.7 Å². The normalized spacial score (nSPS) is 31.9. The highest BCUT2D eigenvalue weighted by Crippen LogP contribution is 2.49. The van der Waals surface area contributed by atoms with Crippen LogP contribution in [0, 0.1) is 11.8 Å². The highest BCUT2D eigenvalue weighted by molar-refractivity contribution is 9.10. The second-order valence-electron chi connectivity index (χ2n) is 4.42. The van der Waals surface area contributed by atoms with Crippen LogP contribution in [-0.2, 0) is 5.60 Å². The van der Waals surface area contributed by atoms with E-state index in [1.165, 1.54) is 11.3 Å². The molecule has 1 heterocycles. The minimum absolute atomic E-state index is 0.633. The molecule has 2 nitrogen and oxygen atoms in total. The molecule has 0 aromatic carbocycles. The first-order chi connectivity index (χ1) is 6.51. The fraction of sp³-hybridized carbons (Fsp3) is 0.700. The molecule has 1 aromatic rings. The van der Waals surface area contributed by atoms with Gasteiger partial charge in [0.05, 0.1) is 0 Å². The summed E-state index contributed by atoms with van der Waals surface area (Å²) in [4.78, 5) is 4.28. The van der Waals surface area contributed by atoms with Gasteiger partial charge < -0.3 is 5.11 Å². The minimum Gasteiger partial charge on any atom is -0.383 e. The smallest absolute Gasteiger partial charge is 0.126 e. The van der Waals surface area contributed by atoms with Gasteiger partial charge in [-0.1, -0.05) is 13.8 Å². The van der Waals surface area contributed by atoms with Crippen molar-refractivity contribution in [3.05, 3.63) is 15.0 Å². The molecular weight excluding hydrogens is 262 g/mol. The van der Waals surface area contributed by atoms with E-state index in [0.717, 1.165) is 22.5 Å². The number of aromatic nitrogens is 1. The average Bonchev–Trinajstić information content (AvgIpc) is 2.45. The van der Waals surface area contributed by atoms with Gasteiger partial charge in [-0.05, 0) is 40.6 Å². The number of thiazole rings is 1. The van der Waals surface area contributed by atoms with Crippen LogP contribution >= 0.6 is 27.3 Å². The lowest BCUT2D eigenvalue weighted by atomic mass is 9.66. The van der Waals surface area contributed by atoms with Gasteiger partial charge in [0.2, 0.25) is 0 Å². The van der Waals surface area contributed by atoms with E-state index in [9.17, 15) is 5.11 Å². The van der Waals surface area contributed by atoms with Gasteiger partial charge in [-0.15, -0.1) is 11.3 Å². The Balaban J connectivity index is 2.07. The van der Waals surface area contributed by atoms with Gasteiger partial charge in [-0.2, -0.15) is 0 Å². The fourth-order valence-electron chi connectivity index (χ4n) is 1.92. The van der Waals surface area contributed by atoms with E-state index in [1.807, 2.05) is 5.38 Å². The Kier molecular flexibility index (Phi) is 2.70. The van der Waals surface area contributed by atoms with Crippen LogP contribution in [0.4, 0.5) is 0 Å². The van der Waals surface area contributed by atoms with Crippen LogP contribution in [0.25, 0.3) is 0 Å². The molecule has 0 spiro atoms. The third-order valence-electron chi connectivity index (χ3n) is 3.02. The molecule has 14 heavy (non-hydrogen) atoms. The molecule has 78 valence electrons. The monoisotopic (exact) mass is 275 g/mol. The van der Waals surface area contributed by atoms with Gasteiger partial charge in [-0.3, -0.25) is 0 Å². The summed E-state index contributed by atoms with van der Waals surface area (Å²) in [5, 5.41) is 13.0. The fourth-order valence-corrected chi connectivity index (χ4v) is 3.30. The molecule has 1 saturated carbocycles. The van der Waals surface area contributed by atoms with Crippen LogP contribution in [0.2, 0.25) is 0 Å². The van der Waals surface area contributed by atoms with E-state index >= 15 is 0 Å². The van der Waals surface area contributed by atoms with E-state index in [0.29, 0.717) is 11.8 Å². The molecule has 4 heteroatoms. The van der Waals surface area contributed by atoms with Gasteiger partial charge in [0, 0.05) is 5.38 Å². The number of aliphatic hydroxyl groups is 1. The van der Waals surface area contributed by atoms with E-state index in [-0.39, 0.29) is 0 Å². The molecule has 0 saturated heterocycles. The molecule has 1 N–H and O–H groups in total. The second kappa shape index (κ2) is 3.58.